The first-order valence-electron chi connectivity index (χ1n) is 7.38. The fourth-order valence-electron chi connectivity index (χ4n) is 2.32. The zero-order chi connectivity index (χ0) is 16.9. The highest BCUT2D eigenvalue weighted by Gasteiger charge is 2.12. The number of rotatable bonds is 5. The summed E-state index contributed by atoms with van der Waals surface area (Å²) in [7, 11) is 0. The van der Waals surface area contributed by atoms with Crippen LogP contribution in [0.4, 0.5) is 0 Å². The zero-order valence-corrected chi connectivity index (χ0v) is 15.1. The predicted molar refractivity (Wildman–Crippen MR) is 99.4 cm³/mol. The van der Waals surface area contributed by atoms with Crippen LogP contribution in [0.1, 0.15) is 20.8 Å². The topological polar surface area (TPSA) is 51.1 Å². The van der Waals surface area contributed by atoms with Gasteiger partial charge < -0.3 is 9.88 Å². The standard InChI is InChI=1S/C18H15BrN2O2S/c19-14-9-15(24-12-14)10-20-17(22)16-7-4-8-21(18(16)23)11-13-5-2-1-3-6-13/h1-9,12H,10-11H2,(H,20,22). The third-order valence-electron chi connectivity index (χ3n) is 3.51. The van der Waals surface area contributed by atoms with Crippen LogP contribution in [0.3, 0.4) is 0 Å². The highest BCUT2D eigenvalue weighted by Crippen LogP contribution is 2.19. The molecule has 24 heavy (non-hydrogen) atoms. The van der Waals surface area contributed by atoms with Gasteiger partial charge in [0.15, 0.2) is 0 Å². The molecule has 122 valence electrons. The molecule has 2 aromatic heterocycles. The lowest BCUT2D eigenvalue weighted by Crippen LogP contribution is -2.32. The highest BCUT2D eigenvalue weighted by atomic mass is 79.9. The van der Waals surface area contributed by atoms with E-state index in [-0.39, 0.29) is 17.0 Å². The lowest BCUT2D eigenvalue weighted by Gasteiger charge is -2.08. The third-order valence-corrected chi connectivity index (χ3v) is 5.20. The fourth-order valence-corrected chi connectivity index (χ4v) is 3.71. The molecule has 0 saturated carbocycles. The Morgan fingerprint density at radius 1 is 1.17 bits per heavy atom. The number of carbonyl (C=O) groups excluding carboxylic acids is 1. The Hall–Kier alpha value is -2.18. The molecule has 2 heterocycles. The summed E-state index contributed by atoms with van der Waals surface area (Å²) >= 11 is 4.93. The lowest BCUT2D eigenvalue weighted by atomic mass is 10.2. The third kappa shape index (κ3) is 4.01. The largest absolute Gasteiger partial charge is 0.347 e. The minimum atomic E-state index is -0.355. The Bertz CT molecular complexity index is 903. The van der Waals surface area contributed by atoms with Crippen molar-refractivity contribution in [2.24, 2.45) is 0 Å². The van der Waals surface area contributed by atoms with E-state index in [0.717, 1.165) is 14.9 Å². The molecule has 6 heteroatoms. The van der Waals surface area contributed by atoms with Gasteiger partial charge in [-0.05, 0) is 39.7 Å². The van der Waals surface area contributed by atoms with Crippen LogP contribution < -0.4 is 10.9 Å². The van der Waals surface area contributed by atoms with Crippen molar-refractivity contribution in [3.05, 3.63) is 90.9 Å². The molecule has 1 amide bonds. The van der Waals surface area contributed by atoms with E-state index in [0.29, 0.717) is 13.1 Å². The first-order chi connectivity index (χ1) is 11.6. The molecule has 0 spiro atoms. The molecule has 0 fully saturated rings. The second-order valence-corrected chi connectivity index (χ2v) is 7.17. The van der Waals surface area contributed by atoms with Gasteiger partial charge in [0.25, 0.3) is 11.5 Å². The van der Waals surface area contributed by atoms with Gasteiger partial charge in [0.05, 0.1) is 13.1 Å². The van der Waals surface area contributed by atoms with Crippen LogP contribution >= 0.6 is 27.3 Å². The molecule has 4 nitrogen and oxygen atoms in total. The number of nitrogens with one attached hydrogen (secondary N) is 1. The number of halogens is 1. The van der Waals surface area contributed by atoms with Gasteiger partial charge in [-0.3, -0.25) is 9.59 Å². The molecule has 0 radical (unpaired) electrons. The van der Waals surface area contributed by atoms with Gasteiger partial charge >= 0.3 is 0 Å². The summed E-state index contributed by atoms with van der Waals surface area (Å²) in [5.41, 5.74) is 0.885. The Labute approximate surface area is 151 Å². The minimum absolute atomic E-state index is 0.157. The molecule has 0 aliphatic carbocycles. The average molecular weight is 403 g/mol. The number of hydrogen-bond donors (Lipinski definition) is 1. The summed E-state index contributed by atoms with van der Waals surface area (Å²) < 4.78 is 2.54. The van der Waals surface area contributed by atoms with E-state index in [2.05, 4.69) is 21.2 Å². The van der Waals surface area contributed by atoms with Crippen molar-refractivity contribution in [3.63, 3.8) is 0 Å². The highest BCUT2D eigenvalue weighted by molar-refractivity contribution is 9.10. The summed E-state index contributed by atoms with van der Waals surface area (Å²) in [6.07, 6.45) is 1.70. The van der Waals surface area contributed by atoms with Gasteiger partial charge in [0.1, 0.15) is 5.56 Å². The van der Waals surface area contributed by atoms with Crippen LogP contribution in [0.15, 0.2) is 69.4 Å². The smallest absolute Gasteiger partial charge is 0.263 e. The second kappa shape index (κ2) is 7.59. The monoisotopic (exact) mass is 402 g/mol. The first-order valence-corrected chi connectivity index (χ1v) is 9.05. The van der Waals surface area contributed by atoms with E-state index in [1.165, 1.54) is 0 Å². The summed E-state index contributed by atoms with van der Waals surface area (Å²) in [5, 5.41) is 4.75. The molecule has 1 aromatic carbocycles. The van der Waals surface area contributed by atoms with Gasteiger partial charge in [0.2, 0.25) is 0 Å². The zero-order valence-electron chi connectivity index (χ0n) is 12.7. The van der Waals surface area contributed by atoms with Gasteiger partial charge in [-0.2, -0.15) is 0 Å². The van der Waals surface area contributed by atoms with Crippen LogP contribution in [0.25, 0.3) is 0 Å². The Morgan fingerprint density at radius 3 is 2.67 bits per heavy atom. The number of amides is 1. The van der Waals surface area contributed by atoms with Crippen LogP contribution in [-0.4, -0.2) is 10.5 Å². The summed E-state index contributed by atoms with van der Waals surface area (Å²) in [5.74, 6) is -0.355. The molecule has 0 unspecified atom stereocenters. The van der Waals surface area contributed by atoms with Crippen molar-refractivity contribution in [3.8, 4) is 0 Å². The maximum absolute atomic E-state index is 12.5. The van der Waals surface area contributed by atoms with Gasteiger partial charge in [-0.15, -0.1) is 11.3 Å². The van der Waals surface area contributed by atoms with Crippen molar-refractivity contribution < 1.29 is 4.79 Å². The molecule has 0 bridgehead atoms. The average Bonchev–Trinajstić information content (AvgIpc) is 3.01. The Kier molecular flexibility index (Phi) is 5.27. The fraction of sp³-hybridized carbons (Fsp3) is 0.111. The number of thiophene rings is 1. The van der Waals surface area contributed by atoms with Crippen LogP contribution in [0.2, 0.25) is 0 Å². The van der Waals surface area contributed by atoms with Crippen molar-refractivity contribution in [1.29, 1.82) is 0 Å². The first kappa shape index (κ1) is 16.7. The maximum atomic E-state index is 12.5. The molecular formula is C18H15BrN2O2S. The maximum Gasteiger partial charge on any atom is 0.263 e. The normalized spacial score (nSPS) is 10.5. The lowest BCUT2D eigenvalue weighted by molar-refractivity contribution is 0.0949. The number of hydrogen-bond acceptors (Lipinski definition) is 3. The molecule has 0 atom stereocenters. The molecule has 1 N–H and O–H groups in total. The van der Waals surface area contributed by atoms with E-state index < -0.39 is 0 Å². The number of nitrogens with zero attached hydrogens (tertiary/aromatic N) is 1. The van der Waals surface area contributed by atoms with Gasteiger partial charge in [0, 0.05) is 20.9 Å². The predicted octanol–water partition coefficient (Wildman–Crippen LogP) is 3.65. The van der Waals surface area contributed by atoms with E-state index in [9.17, 15) is 9.59 Å². The van der Waals surface area contributed by atoms with Gasteiger partial charge in [-0.25, -0.2) is 0 Å². The number of pyridine rings is 1. The molecule has 0 saturated heterocycles. The molecule has 3 aromatic rings. The van der Waals surface area contributed by atoms with E-state index in [1.807, 2.05) is 41.8 Å². The minimum Gasteiger partial charge on any atom is -0.347 e. The SMILES string of the molecule is O=C(NCc1cc(Br)cs1)c1cccn(Cc2ccccc2)c1=O. The van der Waals surface area contributed by atoms with E-state index >= 15 is 0 Å². The van der Waals surface area contributed by atoms with E-state index in [4.69, 9.17) is 0 Å². The Morgan fingerprint density at radius 2 is 1.96 bits per heavy atom. The number of carbonyl (C=O) groups is 1. The molecule has 0 aliphatic rings. The van der Waals surface area contributed by atoms with Crippen molar-refractivity contribution in [2.45, 2.75) is 13.1 Å². The van der Waals surface area contributed by atoms with Crippen LogP contribution in [-0.2, 0) is 13.1 Å². The Balaban J connectivity index is 1.74. The second-order valence-electron chi connectivity index (χ2n) is 5.25. The summed E-state index contributed by atoms with van der Waals surface area (Å²) in [6, 6.07) is 14.9. The van der Waals surface area contributed by atoms with Crippen LogP contribution in [0.5, 0.6) is 0 Å². The molecular weight excluding hydrogens is 388 g/mol. The van der Waals surface area contributed by atoms with E-state index in [1.54, 1.807) is 34.2 Å². The van der Waals surface area contributed by atoms with Crippen molar-refractivity contribution in [1.82, 2.24) is 9.88 Å². The molecule has 3 rings (SSSR count). The summed E-state index contributed by atoms with van der Waals surface area (Å²) in [6.45, 7) is 0.848. The quantitative estimate of drug-likeness (QED) is 0.707. The number of benzene rings is 1. The van der Waals surface area contributed by atoms with Crippen molar-refractivity contribution in [2.75, 3.05) is 0 Å². The van der Waals surface area contributed by atoms with Gasteiger partial charge in [-0.1, -0.05) is 30.3 Å². The number of aromatic nitrogens is 1. The summed E-state index contributed by atoms with van der Waals surface area (Å²) in [4.78, 5) is 25.9. The molecule has 0 aliphatic heterocycles. The van der Waals surface area contributed by atoms with Crippen molar-refractivity contribution >= 4 is 33.2 Å². The van der Waals surface area contributed by atoms with Crippen LogP contribution in [0, 0.1) is 0 Å².